The first-order chi connectivity index (χ1) is 12.3. The van der Waals surface area contributed by atoms with Gasteiger partial charge in [-0.2, -0.15) is 0 Å². The number of anilines is 1. The van der Waals surface area contributed by atoms with E-state index in [0.29, 0.717) is 11.3 Å². The van der Waals surface area contributed by atoms with E-state index in [1.54, 1.807) is 6.92 Å². The second kappa shape index (κ2) is 6.91. The summed E-state index contributed by atoms with van der Waals surface area (Å²) in [6, 6.07) is 9.34. The van der Waals surface area contributed by atoms with Crippen LogP contribution in [0.25, 0.3) is 0 Å². The maximum atomic E-state index is 13.0. The van der Waals surface area contributed by atoms with Crippen molar-refractivity contribution in [3.8, 4) is 0 Å². The minimum absolute atomic E-state index is 0.108. The van der Waals surface area contributed by atoms with Gasteiger partial charge in [0, 0.05) is 35.8 Å². The lowest BCUT2D eigenvalue weighted by molar-refractivity contribution is -0.385. The maximum Gasteiger partial charge on any atom is 0.273 e. The summed E-state index contributed by atoms with van der Waals surface area (Å²) in [5.41, 5.74) is 1.05. The molecule has 1 aliphatic heterocycles. The minimum Gasteiger partial charge on any atom is -0.347 e. The van der Waals surface area contributed by atoms with Crippen molar-refractivity contribution in [2.24, 2.45) is 0 Å². The molecule has 0 radical (unpaired) electrons. The van der Waals surface area contributed by atoms with Crippen LogP contribution in [0.5, 0.6) is 0 Å². The number of carbonyl (C=O) groups is 2. The Labute approximate surface area is 148 Å². The quantitative estimate of drug-likeness (QED) is 0.672. The Bertz CT molecular complexity index is 883. The molecule has 0 spiro atoms. The summed E-state index contributed by atoms with van der Waals surface area (Å²) in [7, 11) is 0. The summed E-state index contributed by atoms with van der Waals surface area (Å²) in [4.78, 5) is 36.5. The van der Waals surface area contributed by atoms with Crippen molar-refractivity contribution >= 4 is 23.2 Å². The molecule has 0 saturated carbocycles. The van der Waals surface area contributed by atoms with Crippen LogP contribution in [0.15, 0.2) is 42.5 Å². The number of nitrogens with zero attached hydrogens (tertiary/aromatic N) is 2. The standard InChI is InChI=1S/C18H16FN3O4/c1-11-2-3-12(8-16(11)22(25)26)18(24)20-14-9-17(23)21(10-14)15-6-4-13(19)5-7-15/h2-8,14H,9-10H2,1H3,(H,20,24). The number of nitro groups is 1. The monoisotopic (exact) mass is 357 g/mol. The van der Waals surface area contributed by atoms with E-state index in [0.717, 1.165) is 0 Å². The molecule has 0 aliphatic carbocycles. The van der Waals surface area contributed by atoms with Gasteiger partial charge in [-0.3, -0.25) is 19.7 Å². The number of aryl methyl sites for hydroxylation is 1. The molecule has 1 unspecified atom stereocenters. The largest absolute Gasteiger partial charge is 0.347 e. The number of nitrogens with one attached hydrogen (secondary N) is 1. The predicted octanol–water partition coefficient (Wildman–Crippen LogP) is 2.58. The molecular weight excluding hydrogens is 341 g/mol. The SMILES string of the molecule is Cc1ccc(C(=O)NC2CC(=O)N(c3ccc(F)cc3)C2)cc1[N+](=O)[O-]. The number of nitro benzene ring substituents is 1. The number of carbonyl (C=O) groups excluding carboxylic acids is 2. The van der Waals surface area contributed by atoms with Crippen molar-refractivity contribution in [1.29, 1.82) is 0 Å². The number of rotatable bonds is 4. The molecular formula is C18H16FN3O4. The van der Waals surface area contributed by atoms with Crippen molar-refractivity contribution in [2.45, 2.75) is 19.4 Å². The molecule has 134 valence electrons. The van der Waals surface area contributed by atoms with Crippen molar-refractivity contribution in [2.75, 3.05) is 11.4 Å². The van der Waals surface area contributed by atoms with Crippen LogP contribution in [0, 0.1) is 22.9 Å². The molecule has 1 fully saturated rings. The highest BCUT2D eigenvalue weighted by Gasteiger charge is 2.32. The van der Waals surface area contributed by atoms with Gasteiger partial charge >= 0.3 is 0 Å². The third-order valence-electron chi connectivity index (χ3n) is 4.27. The van der Waals surface area contributed by atoms with Crippen LogP contribution in [0.2, 0.25) is 0 Å². The van der Waals surface area contributed by atoms with Gasteiger partial charge in [0.25, 0.3) is 11.6 Å². The van der Waals surface area contributed by atoms with E-state index in [1.807, 2.05) is 0 Å². The highest BCUT2D eigenvalue weighted by molar-refractivity contribution is 5.99. The average Bonchev–Trinajstić information content (AvgIpc) is 2.96. The summed E-state index contributed by atoms with van der Waals surface area (Å²) in [5.74, 6) is -1.06. The number of halogens is 1. The summed E-state index contributed by atoms with van der Waals surface area (Å²) in [5, 5.41) is 13.7. The Hall–Kier alpha value is -3.29. The Morgan fingerprint density at radius 2 is 1.96 bits per heavy atom. The van der Waals surface area contributed by atoms with Crippen LogP contribution >= 0.6 is 0 Å². The highest BCUT2D eigenvalue weighted by atomic mass is 19.1. The Balaban J connectivity index is 1.71. The second-order valence-electron chi connectivity index (χ2n) is 6.11. The van der Waals surface area contributed by atoms with Crippen molar-refractivity contribution < 1.29 is 18.9 Å². The van der Waals surface area contributed by atoms with Gasteiger partial charge in [-0.05, 0) is 37.3 Å². The van der Waals surface area contributed by atoms with Gasteiger partial charge in [-0.25, -0.2) is 4.39 Å². The van der Waals surface area contributed by atoms with Crippen LogP contribution in [0.3, 0.4) is 0 Å². The van der Waals surface area contributed by atoms with Gasteiger partial charge in [-0.1, -0.05) is 6.07 Å². The molecule has 2 aromatic carbocycles. The van der Waals surface area contributed by atoms with Crippen LogP contribution in [0.4, 0.5) is 15.8 Å². The molecule has 1 heterocycles. The van der Waals surface area contributed by atoms with Crippen LogP contribution in [0.1, 0.15) is 22.3 Å². The number of amides is 2. The molecule has 1 aliphatic rings. The fourth-order valence-electron chi connectivity index (χ4n) is 2.89. The molecule has 8 heteroatoms. The second-order valence-corrected chi connectivity index (χ2v) is 6.11. The topological polar surface area (TPSA) is 92.6 Å². The zero-order valence-corrected chi connectivity index (χ0v) is 13.9. The lowest BCUT2D eigenvalue weighted by atomic mass is 10.1. The van der Waals surface area contributed by atoms with E-state index >= 15 is 0 Å². The minimum atomic E-state index is -0.540. The van der Waals surface area contributed by atoms with Crippen LogP contribution in [-0.2, 0) is 4.79 Å². The Morgan fingerprint density at radius 3 is 2.62 bits per heavy atom. The number of hydrogen-bond acceptors (Lipinski definition) is 4. The summed E-state index contributed by atoms with van der Waals surface area (Å²) >= 11 is 0. The first-order valence-corrected chi connectivity index (χ1v) is 7.97. The highest BCUT2D eigenvalue weighted by Crippen LogP contribution is 2.23. The van der Waals surface area contributed by atoms with E-state index in [9.17, 15) is 24.1 Å². The molecule has 26 heavy (non-hydrogen) atoms. The Kier molecular flexibility index (Phi) is 4.66. The first-order valence-electron chi connectivity index (χ1n) is 7.97. The molecule has 3 rings (SSSR count). The average molecular weight is 357 g/mol. The summed E-state index contributed by atoms with van der Waals surface area (Å²) < 4.78 is 13.0. The number of hydrogen-bond donors (Lipinski definition) is 1. The van der Waals surface area contributed by atoms with Crippen LogP contribution in [-0.4, -0.2) is 29.3 Å². The van der Waals surface area contributed by atoms with Gasteiger partial charge in [-0.15, -0.1) is 0 Å². The van der Waals surface area contributed by atoms with E-state index in [1.165, 1.54) is 47.4 Å². The van der Waals surface area contributed by atoms with Gasteiger partial charge in [0.15, 0.2) is 0 Å². The molecule has 2 aromatic rings. The van der Waals surface area contributed by atoms with Crippen LogP contribution < -0.4 is 10.2 Å². The van der Waals surface area contributed by atoms with Gasteiger partial charge in [0.1, 0.15) is 5.82 Å². The summed E-state index contributed by atoms with van der Waals surface area (Å²) in [6.07, 6.45) is 0.108. The third kappa shape index (κ3) is 3.53. The van der Waals surface area contributed by atoms with Gasteiger partial charge in [0.05, 0.1) is 11.0 Å². The molecule has 0 aromatic heterocycles. The normalized spacial score (nSPS) is 16.6. The summed E-state index contributed by atoms with van der Waals surface area (Å²) in [6.45, 7) is 1.85. The Morgan fingerprint density at radius 1 is 1.27 bits per heavy atom. The molecule has 1 saturated heterocycles. The fourth-order valence-corrected chi connectivity index (χ4v) is 2.89. The molecule has 1 N–H and O–H groups in total. The zero-order valence-electron chi connectivity index (χ0n) is 13.9. The van der Waals surface area contributed by atoms with E-state index in [-0.39, 0.29) is 30.1 Å². The van der Waals surface area contributed by atoms with Crippen molar-refractivity contribution in [3.63, 3.8) is 0 Å². The zero-order chi connectivity index (χ0) is 18.8. The van der Waals surface area contributed by atoms with E-state index in [2.05, 4.69) is 5.32 Å². The molecule has 2 amide bonds. The number of benzene rings is 2. The molecule has 0 bridgehead atoms. The van der Waals surface area contributed by atoms with E-state index < -0.39 is 22.7 Å². The predicted molar refractivity (Wildman–Crippen MR) is 92.5 cm³/mol. The first kappa shape index (κ1) is 17.5. The molecule has 1 atom stereocenters. The third-order valence-corrected chi connectivity index (χ3v) is 4.27. The lowest BCUT2D eigenvalue weighted by Crippen LogP contribution is -2.37. The maximum absolute atomic E-state index is 13.0. The lowest BCUT2D eigenvalue weighted by Gasteiger charge is -2.17. The van der Waals surface area contributed by atoms with Gasteiger partial charge in [0.2, 0.25) is 5.91 Å². The molecule has 7 nitrogen and oxygen atoms in total. The fraction of sp³-hybridized carbons (Fsp3) is 0.222. The van der Waals surface area contributed by atoms with Crippen molar-refractivity contribution in [3.05, 3.63) is 69.5 Å². The van der Waals surface area contributed by atoms with Crippen molar-refractivity contribution in [1.82, 2.24) is 5.32 Å². The van der Waals surface area contributed by atoms with E-state index in [4.69, 9.17) is 0 Å². The van der Waals surface area contributed by atoms with Gasteiger partial charge < -0.3 is 10.2 Å². The smallest absolute Gasteiger partial charge is 0.273 e.